The van der Waals surface area contributed by atoms with E-state index in [1.54, 1.807) is 13.8 Å². The highest BCUT2D eigenvalue weighted by Crippen LogP contribution is 2.28. The van der Waals surface area contributed by atoms with Crippen molar-refractivity contribution in [3.63, 3.8) is 0 Å². The Morgan fingerprint density at radius 1 is 1.10 bits per heavy atom. The van der Waals surface area contributed by atoms with Crippen molar-refractivity contribution in [2.45, 2.75) is 47.5 Å². The lowest BCUT2D eigenvalue weighted by Gasteiger charge is -2.26. The summed E-state index contributed by atoms with van der Waals surface area (Å²) in [5.74, 6) is 0.536. The van der Waals surface area contributed by atoms with Crippen LogP contribution in [0.25, 0.3) is 0 Å². The van der Waals surface area contributed by atoms with Gasteiger partial charge in [-0.05, 0) is 45.1 Å². The number of hydrogen-bond donors (Lipinski definition) is 1. The molecule has 0 bridgehead atoms. The molecule has 20 heavy (non-hydrogen) atoms. The Bertz CT molecular complexity index is 352. The largest absolute Gasteiger partial charge is 0.464 e. The lowest BCUT2D eigenvalue weighted by molar-refractivity contribution is -0.159. The molecule has 0 amide bonds. The minimum atomic E-state index is -1.04. The topological polar surface area (TPSA) is 55.4 Å². The average Bonchev–Trinajstić information content (AvgIpc) is 2.35. The summed E-state index contributed by atoms with van der Waals surface area (Å²) in [4.78, 5) is 24.6. The molecule has 1 rings (SSSR count). The Kier molecular flexibility index (Phi) is 6.18. The molecule has 1 fully saturated rings. The highest BCUT2D eigenvalue weighted by atomic mass is 16.5. The van der Waals surface area contributed by atoms with Gasteiger partial charge in [0.05, 0.1) is 0 Å². The average molecular weight is 283 g/mol. The highest BCUT2D eigenvalue weighted by molar-refractivity contribution is 6.03. The third kappa shape index (κ3) is 4.58. The maximum absolute atomic E-state index is 12.5. The van der Waals surface area contributed by atoms with E-state index in [2.05, 4.69) is 19.2 Å². The molecule has 0 aromatic rings. The standard InChI is InChI=1S/C16H29NO3/c1-11-8-12(2)10-17-6-7-20-15(19)16(4,5)14(18)13(3)9-11/h11-13,17H,6-10H2,1-5H3. The van der Waals surface area contributed by atoms with Gasteiger partial charge in [0.25, 0.3) is 0 Å². The fourth-order valence-corrected chi connectivity index (χ4v) is 3.04. The predicted octanol–water partition coefficient (Wildman–Crippen LogP) is 2.42. The summed E-state index contributed by atoms with van der Waals surface area (Å²) in [5.41, 5.74) is -1.04. The van der Waals surface area contributed by atoms with E-state index >= 15 is 0 Å². The Morgan fingerprint density at radius 2 is 1.75 bits per heavy atom. The van der Waals surface area contributed by atoms with Crippen molar-refractivity contribution in [3.05, 3.63) is 0 Å². The van der Waals surface area contributed by atoms with Gasteiger partial charge in [0.2, 0.25) is 0 Å². The first-order chi connectivity index (χ1) is 9.25. The molecule has 0 aromatic carbocycles. The van der Waals surface area contributed by atoms with Crippen LogP contribution in [0.5, 0.6) is 0 Å². The first-order valence-corrected chi connectivity index (χ1v) is 7.67. The van der Waals surface area contributed by atoms with Crippen LogP contribution in [0.15, 0.2) is 0 Å². The van der Waals surface area contributed by atoms with Gasteiger partial charge < -0.3 is 10.1 Å². The van der Waals surface area contributed by atoms with E-state index in [-0.39, 0.29) is 11.7 Å². The molecule has 3 atom stereocenters. The van der Waals surface area contributed by atoms with Gasteiger partial charge in [-0.1, -0.05) is 20.8 Å². The number of Topliss-reactive ketones (excluding diaryl/α,β-unsaturated/α-hetero) is 1. The number of cyclic esters (lactones) is 1. The number of carbonyl (C=O) groups excluding carboxylic acids is 2. The SMILES string of the molecule is CC1CNCCOC(=O)C(C)(C)C(=O)C(C)CC(C)C1. The van der Waals surface area contributed by atoms with Gasteiger partial charge in [-0.15, -0.1) is 0 Å². The third-order valence-corrected chi connectivity index (χ3v) is 4.14. The number of nitrogens with one attached hydrogen (secondary N) is 1. The zero-order valence-electron chi connectivity index (χ0n) is 13.5. The molecule has 0 spiro atoms. The van der Waals surface area contributed by atoms with Gasteiger partial charge in [-0.2, -0.15) is 0 Å². The van der Waals surface area contributed by atoms with Crippen molar-refractivity contribution in [1.29, 1.82) is 0 Å². The normalized spacial score (nSPS) is 33.5. The smallest absolute Gasteiger partial charge is 0.319 e. The van der Waals surface area contributed by atoms with Crippen LogP contribution in [0, 0.1) is 23.2 Å². The molecular weight excluding hydrogens is 254 g/mol. The molecule has 1 saturated heterocycles. The van der Waals surface area contributed by atoms with E-state index in [1.807, 2.05) is 6.92 Å². The Hall–Kier alpha value is -0.900. The zero-order valence-corrected chi connectivity index (χ0v) is 13.5. The van der Waals surface area contributed by atoms with Gasteiger partial charge in [0.15, 0.2) is 5.78 Å². The van der Waals surface area contributed by atoms with E-state index in [9.17, 15) is 9.59 Å². The molecule has 1 aliphatic heterocycles. The van der Waals surface area contributed by atoms with E-state index in [4.69, 9.17) is 4.74 Å². The van der Waals surface area contributed by atoms with Crippen LogP contribution >= 0.6 is 0 Å². The summed E-state index contributed by atoms with van der Waals surface area (Å²) in [7, 11) is 0. The highest BCUT2D eigenvalue weighted by Gasteiger charge is 2.40. The van der Waals surface area contributed by atoms with Gasteiger partial charge in [0.1, 0.15) is 12.0 Å². The molecule has 1 heterocycles. The lowest BCUT2D eigenvalue weighted by Crippen LogP contribution is -2.39. The minimum Gasteiger partial charge on any atom is -0.464 e. The second kappa shape index (κ2) is 7.21. The summed E-state index contributed by atoms with van der Waals surface area (Å²) < 4.78 is 5.23. The van der Waals surface area contributed by atoms with Crippen molar-refractivity contribution >= 4 is 11.8 Å². The molecule has 0 radical (unpaired) electrons. The van der Waals surface area contributed by atoms with Gasteiger partial charge >= 0.3 is 5.97 Å². The molecule has 0 aliphatic carbocycles. The fourth-order valence-electron chi connectivity index (χ4n) is 3.04. The van der Waals surface area contributed by atoms with Crippen LogP contribution in [-0.2, 0) is 14.3 Å². The molecule has 4 heteroatoms. The van der Waals surface area contributed by atoms with Crippen molar-refractivity contribution in [2.75, 3.05) is 19.7 Å². The van der Waals surface area contributed by atoms with Crippen LogP contribution in [0.1, 0.15) is 47.5 Å². The van der Waals surface area contributed by atoms with Crippen molar-refractivity contribution in [3.8, 4) is 0 Å². The van der Waals surface area contributed by atoms with E-state index in [1.165, 1.54) is 0 Å². The molecule has 116 valence electrons. The van der Waals surface area contributed by atoms with E-state index in [0.717, 1.165) is 19.4 Å². The van der Waals surface area contributed by atoms with Crippen molar-refractivity contribution in [2.24, 2.45) is 23.2 Å². The number of ether oxygens (including phenoxy) is 1. The molecule has 1 N–H and O–H groups in total. The van der Waals surface area contributed by atoms with Crippen LogP contribution in [0.3, 0.4) is 0 Å². The lowest BCUT2D eigenvalue weighted by atomic mass is 9.78. The number of esters is 1. The zero-order chi connectivity index (χ0) is 15.3. The maximum atomic E-state index is 12.5. The summed E-state index contributed by atoms with van der Waals surface area (Å²) in [6.45, 7) is 11.6. The Morgan fingerprint density at radius 3 is 2.40 bits per heavy atom. The summed E-state index contributed by atoms with van der Waals surface area (Å²) in [6, 6.07) is 0. The molecule has 4 nitrogen and oxygen atoms in total. The molecule has 1 aliphatic rings. The summed E-state index contributed by atoms with van der Waals surface area (Å²) >= 11 is 0. The third-order valence-electron chi connectivity index (χ3n) is 4.14. The molecular formula is C16H29NO3. The van der Waals surface area contributed by atoms with E-state index < -0.39 is 11.4 Å². The monoisotopic (exact) mass is 283 g/mol. The first kappa shape index (κ1) is 17.2. The Balaban J connectivity index is 2.83. The Labute approximate surface area is 122 Å². The predicted molar refractivity (Wildman–Crippen MR) is 79.3 cm³/mol. The summed E-state index contributed by atoms with van der Waals surface area (Å²) in [6.07, 6.45) is 1.93. The van der Waals surface area contributed by atoms with Crippen LogP contribution < -0.4 is 5.32 Å². The summed E-state index contributed by atoms with van der Waals surface area (Å²) in [5, 5.41) is 3.30. The minimum absolute atomic E-state index is 0.00536. The number of hydrogen-bond acceptors (Lipinski definition) is 4. The second-order valence-corrected chi connectivity index (χ2v) is 6.91. The van der Waals surface area contributed by atoms with Crippen LogP contribution in [0.2, 0.25) is 0 Å². The van der Waals surface area contributed by atoms with Crippen LogP contribution in [0.4, 0.5) is 0 Å². The molecule has 0 aromatic heterocycles. The fraction of sp³-hybridized carbons (Fsp3) is 0.875. The number of rotatable bonds is 0. The first-order valence-electron chi connectivity index (χ1n) is 7.67. The van der Waals surface area contributed by atoms with E-state index in [0.29, 0.717) is 25.0 Å². The van der Waals surface area contributed by atoms with Crippen molar-refractivity contribution in [1.82, 2.24) is 5.32 Å². The second-order valence-electron chi connectivity index (χ2n) is 6.91. The van der Waals surface area contributed by atoms with Gasteiger partial charge in [0, 0.05) is 12.5 Å². The van der Waals surface area contributed by atoms with Crippen LogP contribution in [-0.4, -0.2) is 31.4 Å². The van der Waals surface area contributed by atoms with Gasteiger partial charge in [-0.25, -0.2) is 0 Å². The maximum Gasteiger partial charge on any atom is 0.319 e. The van der Waals surface area contributed by atoms with Crippen molar-refractivity contribution < 1.29 is 14.3 Å². The van der Waals surface area contributed by atoms with Gasteiger partial charge in [-0.3, -0.25) is 9.59 Å². The quantitative estimate of drug-likeness (QED) is 0.548. The number of ketones is 1. The number of carbonyl (C=O) groups is 2. The molecule has 0 saturated carbocycles. The molecule has 3 unspecified atom stereocenters.